The molecule has 2 aromatic carbocycles. The lowest BCUT2D eigenvalue weighted by atomic mass is 10.0. The van der Waals surface area contributed by atoms with Crippen LogP contribution in [0.25, 0.3) is 0 Å². The second kappa shape index (κ2) is 7.45. The quantitative estimate of drug-likeness (QED) is 0.860. The molecule has 1 amide bonds. The van der Waals surface area contributed by atoms with Crippen LogP contribution in [0.5, 0.6) is 5.75 Å². The number of amides is 1. The van der Waals surface area contributed by atoms with Gasteiger partial charge in [-0.3, -0.25) is 4.79 Å². The summed E-state index contributed by atoms with van der Waals surface area (Å²) >= 11 is 3.39. The minimum atomic E-state index is -0.138. The summed E-state index contributed by atoms with van der Waals surface area (Å²) in [6.07, 6.45) is 0. The molecule has 0 aliphatic carbocycles. The van der Waals surface area contributed by atoms with Crippen LogP contribution in [0.1, 0.15) is 29.7 Å². The lowest BCUT2D eigenvalue weighted by Crippen LogP contribution is -2.31. The highest BCUT2D eigenvalue weighted by Crippen LogP contribution is 2.23. The lowest BCUT2D eigenvalue weighted by molar-refractivity contribution is -0.123. The van der Waals surface area contributed by atoms with E-state index in [1.54, 1.807) is 0 Å². The number of aryl methyl sites for hydroxylation is 2. The predicted octanol–water partition coefficient (Wildman–Crippen LogP) is 4.32. The zero-order valence-corrected chi connectivity index (χ0v) is 14.6. The zero-order chi connectivity index (χ0) is 16.1. The van der Waals surface area contributed by atoms with Gasteiger partial charge >= 0.3 is 0 Å². The number of benzene rings is 2. The highest BCUT2D eigenvalue weighted by Gasteiger charge is 2.11. The third-order valence-corrected chi connectivity index (χ3v) is 4.26. The number of rotatable bonds is 5. The molecule has 2 aromatic rings. The van der Waals surface area contributed by atoms with Gasteiger partial charge in [0.15, 0.2) is 6.61 Å². The fourth-order valence-electron chi connectivity index (χ4n) is 2.11. The Morgan fingerprint density at radius 2 is 1.91 bits per heavy atom. The van der Waals surface area contributed by atoms with Crippen molar-refractivity contribution in [2.75, 3.05) is 6.61 Å². The van der Waals surface area contributed by atoms with Crippen LogP contribution in [0, 0.1) is 13.8 Å². The van der Waals surface area contributed by atoms with Gasteiger partial charge in [-0.1, -0.05) is 30.3 Å². The summed E-state index contributed by atoms with van der Waals surface area (Å²) in [6.45, 7) is 6.12. The molecule has 0 spiro atoms. The fraction of sp³-hybridized carbons (Fsp3) is 0.278. The molecule has 1 atom stereocenters. The molecule has 0 bridgehead atoms. The van der Waals surface area contributed by atoms with E-state index in [-0.39, 0.29) is 18.6 Å². The van der Waals surface area contributed by atoms with Gasteiger partial charge in [-0.05, 0) is 65.5 Å². The minimum Gasteiger partial charge on any atom is -0.483 e. The van der Waals surface area contributed by atoms with Crippen LogP contribution >= 0.6 is 15.9 Å². The molecule has 0 aliphatic rings. The Bertz CT molecular complexity index is 670. The van der Waals surface area contributed by atoms with Crippen LogP contribution < -0.4 is 10.1 Å². The van der Waals surface area contributed by atoms with Crippen LogP contribution in [0.2, 0.25) is 0 Å². The Morgan fingerprint density at radius 3 is 2.59 bits per heavy atom. The monoisotopic (exact) mass is 361 g/mol. The Hall–Kier alpha value is -1.81. The molecule has 0 heterocycles. The number of carbonyl (C=O) groups is 1. The van der Waals surface area contributed by atoms with Crippen molar-refractivity contribution in [1.82, 2.24) is 5.32 Å². The molecule has 1 N–H and O–H groups in total. The third kappa shape index (κ3) is 4.34. The van der Waals surface area contributed by atoms with Crippen molar-refractivity contribution in [2.45, 2.75) is 26.8 Å². The van der Waals surface area contributed by atoms with Gasteiger partial charge in [0.1, 0.15) is 5.75 Å². The van der Waals surface area contributed by atoms with Crippen LogP contribution in [-0.2, 0) is 4.79 Å². The molecule has 3 nitrogen and oxygen atoms in total. The summed E-state index contributed by atoms with van der Waals surface area (Å²) in [5.41, 5.74) is 3.57. The van der Waals surface area contributed by atoms with E-state index in [2.05, 4.69) is 47.2 Å². The molecule has 0 aliphatic heterocycles. The molecule has 0 aromatic heterocycles. The number of hydrogen-bond donors (Lipinski definition) is 1. The highest BCUT2D eigenvalue weighted by atomic mass is 79.9. The second-order valence-electron chi connectivity index (χ2n) is 5.35. The average Bonchev–Trinajstić information content (AvgIpc) is 2.49. The molecule has 116 valence electrons. The van der Waals surface area contributed by atoms with Crippen LogP contribution in [0.4, 0.5) is 0 Å². The second-order valence-corrected chi connectivity index (χ2v) is 6.21. The first-order valence-electron chi connectivity index (χ1n) is 7.21. The van der Waals surface area contributed by atoms with Crippen molar-refractivity contribution in [3.05, 3.63) is 63.6 Å². The highest BCUT2D eigenvalue weighted by molar-refractivity contribution is 9.10. The first-order chi connectivity index (χ1) is 10.5. The summed E-state index contributed by atoms with van der Waals surface area (Å²) < 4.78 is 6.36. The number of para-hydroxylation sites is 1. The molecule has 4 heteroatoms. The van der Waals surface area contributed by atoms with Gasteiger partial charge in [-0.15, -0.1) is 0 Å². The Balaban J connectivity index is 1.91. The summed E-state index contributed by atoms with van der Waals surface area (Å²) in [6, 6.07) is 13.7. The SMILES string of the molecule is Cc1ccc([C@H](C)NC(=O)COc2ccccc2Br)cc1C. The van der Waals surface area contributed by atoms with Crippen molar-refractivity contribution in [3.63, 3.8) is 0 Å². The van der Waals surface area contributed by atoms with E-state index in [1.807, 2.05) is 37.3 Å². The number of hydrogen-bond acceptors (Lipinski definition) is 2. The summed E-state index contributed by atoms with van der Waals surface area (Å²) in [4.78, 5) is 12.0. The van der Waals surface area contributed by atoms with E-state index in [0.717, 1.165) is 10.0 Å². The average molecular weight is 362 g/mol. The maximum Gasteiger partial charge on any atom is 0.258 e. The molecule has 2 rings (SSSR count). The van der Waals surface area contributed by atoms with Gasteiger partial charge in [0, 0.05) is 0 Å². The number of ether oxygens (including phenoxy) is 1. The van der Waals surface area contributed by atoms with E-state index < -0.39 is 0 Å². The largest absolute Gasteiger partial charge is 0.483 e. The van der Waals surface area contributed by atoms with E-state index >= 15 is 0 Å². The van der Waals surface area contributed by atoms with Crippen LogP contribution in [-0.4, -0.2) is 12.5 Å². The van der Waals surface area contributed by atoms with E-state index in [0.29, 0.717) is 5.75 Å². The van der Waals surface area contributed by atoms with Gasteiger partial charge in [0.05, 0.1) is 10.5 Å². The standard InChI is InChI=1S/C18H20BrNO2/c1-12-8-9-15(10-13(12)2)14(3)20-18(21)11-22-17-7-5-4-6-16(17)19/h4-10,14H,11H2,1-3H3,(H,20,21)/t14-/m0/s1. The van der Waals surface area contributed by atoms with Crippen molar-refractivity contribution in [3.8, 4) is 5.75 Å². The molecule has 22 heavy (non-hydrogen) atoms. The molecule has 0 saturated heterocycles. The van der Waals surface area contributed by atoms with Crippen LogP contribution in [0.15, 0.2) is 46.9 Å². The number of nitrogens with one attached hydrogen (secondary N) is 1. The van der Waals surface area contributed by atoms with Crippen molar-refractivity contribution in [1.29, 1.82) is 0 Å². The van der Waals surface area contributed by atoms with Gasteiger partial charge in [0.25, 0.3) is 5.91 Å². The Kier molecular flexibility index (Phi) is 5.61. The molecular formula is C18H20BrNO2. The van der Waals surface area contributed by atoms with Crippen LogP contribution in [0.3, 0.4) is 0 Å². The molecule has 0 saturated carbocycles. The first kappa shape index (κ1) is 16.6. The maximum atomic E-state index is 12.0. The maximum absolute atomic E-state index is 12.0. The normalized spacial score (nSPS) is 11.8. The van der Waals surface area contributed by atoms with Gasteiger partial charge in [-0.25, -0.2) is 0 Å². The van der Waals surface area contributed by atoms with Crippen molar-refractivity contribution >= 4 is 21.8 Å². The summed E-state index contributed by atoms with van der Waals surface area (Å²) in [5.74, 6) is 0.526. The topological polar surface area (TPSA) is 38.3 Å². The lowest BCUT2D eigenvalue weighted by Gasteiger charge is -2.16. The fourth-order valence-corrected chi connectivity index (χ4v) is 2.50. The molecular weight excluding hydrogens is 342 g/mol. The Labute approximate surface area is 139 Å². The van der Waals surface area contributed by atoms with E-state index in [1.165, 1.54) is 11.1 Å². The first-order valence-corrected chi connectivity index (χ1v) is 8.00. The van der Waals surface area contributed by atoms with Gasteiger partial charge in [0.2, 0.25) is 0 Å². The third-order valence-electron chi connectivity index (χ3n) is 3.60. The predicted molar refractivity (Wildman–Crippen MR) is 92.1 cm³/mol. The minimum absolute atomic E-state index is 0.00219. The number of carbonyl (C=O) groups excluding carboxylic acids is 1. The van der Waals surface area contributed by atoms with Crippen molar-refractivity contribution in [2.24, 2.45) is 0 Å². The number of halogens is 1. The van der Waals surface area contributed by atoms with E-state index in [4.69, 9.17) is 4.74 Å². The molecule has 0 radical (unpaired) electrons. The van der Waals surface area contributed by atoms with Gasteiger partial charge in [-0.2, -0.15) is 0 Å². The summed E-state index contributed by atoms with van der Waals surface area (Å²) in [7, 11) is 0. The Morgan fingerprint density at radius 1 is 1.18 bits per heavy atom. The molecule has 0 fully saturated rings. The van der Waals surface area contributed by atoms with E-state index in [9.17, 15) is 4.79 Å². The zero-order valence-electron chi connectivity index (χ0n) is 13.0. The van der Waals surface area contributed by atoms with Gasteiger partial charge < -0.3 is 10.1 Å². The smallest absolute Gasteiger partial charge is 0.258 e. The molecule has 0 unspecified atom stereocenters. The summed E-state index contributed by atoms with van der Waals surface area (Å²) in [5, 5.41) is 2.95. The van der Waals surface area contributed by atoms with Crippen molar-refractivity contribution < 1.29 is 9.53 Å².